The molecule has 1 nitrogen and oxygen atoms in total. The van der Waals surface area contributed by atoms with Gasteiger partial charge in [-0.25, -0.2) is 0 Å². The van der Waals surface area contributed by atoms with E-state index in [2.05, 4.69) is 52.0 Å². The Bertz CT molecular complexity index is 389. The Balaban J connectivity index is 2.19. The Kier molecular flexibility index (Phi) is 3.55. The molecule has 0 spiro atoms. The van der Waals surface area contributed by atoms with Crippen LogP contribution in [0.1, 0.15) is 64.5 Å². The van der Waals surface area contributed by atoms with Crippen molar-refractivity contribution in [3.05, 3.63) is 35.4 Å². The van der Waals surface area contributed by atoms with Crippen LogP contribution >= 0.6 is 0 Å². The molecule has 1 aliphatic rings. The number of benzene rings is 1. The van der Waals surface area contributed by atoms with E-state index < -0.39 is 0 Å². The highest BCUT2D eigenvalue weighted by molar-refractivity contribution is 5.32. The molecule has 0 heterocycles. The third-order valence-corrected chi connectivity index (χ3v) is 4.49. The minimum atomic E-state index is -0.0804. The summed E-state index contributed by atoms with van der Waals surface area (Å²) >= 11 is 0. The first-order valence-electron chi connectivity index (χ1n) is 7.21. The van der Waals surface area contributed by atoms with Gasteiger partial charge in [-0.1, -0.05) is 52.0 Å². The zero-order valence-corrected chi connectivity index (χ0v) is 12.3. The average molecular weight is 245 g/mol. The Hall–Kier alpha value is -0.820. The van der Waals surface area contributed by atoms with Crippen molar-refractivity contribution in [2.24, 2.45) is 11.7 Å². The van der Waals surface area contributed by atoms with E-state index in [0.29, 0.717) is 0 Å². The summed E-state index contributed by atoms with van der Waals surface area (Å²) in [7, 11) is 0. The van der Waals surface area contributed by atoms with E-state index in [0.717, 1.165) is 18.8 Å². The molecule has 0 atom stereocenters. The number of rotatable bonds is 1. The predicted molar refractivity (Wildman–Crippen MR) is 78.6 cm³/mol. The van der Waals surface area contributed by atoms with E-state index >= 15 is 0 Å². The van der Waals surface area contributed by atoms with Gasteiger partial charge in [-0.2, -0.15) is 0 Å². The molecule has 0 radical (unpaired) electrons. The molecule has 1 aromatic rings. The molecule has 100 valence electrons. The van der Waals surface area contributed by atoms with E-state index in [1.165, 1.54) is 24.0 Å². The van der Waals surface area contributed by atoms with Crippen molar-refractivity contribution < 1.29 is 0 Å². The summed E-state index contributed by atoms with van der Waals surface area (Å²) in [5, 5.41) is 0. The van der Waals surface area contributed by atoms with Crippen LogP contribution in [0.25, 0.3) is 0 Å². The highest BCUT2D eigenvalue weighted by Gasteiger charge is 2.31. The predicted octanol–water partition coefficient (Wildman–Crippen LogP) is 4.35. The van der Waals surface area contributed by atoms with Crippen LogP contribution in [0.4, 0.5) is 0 Å². The Morgan fingerprint density at radius 3 is 2.00 bits per heavy atom. The highest BCUT2D eigenvalue weighted by Crippen LogP contribution is 2.37. The van der Waals surface area contributed by atoms with Crippen molar-refractivity contribution in [3.8, 4) is 0 Å². The van der Waals surface area contributed by atoms with Crippen LogP contribution < -0.4 is 5.73 Å². The fraction of sp³-hybridized carbons (Fsp3) is 0.647. The summed E-state index contributed by atoms with van der Waals surface area (Å²) in [6, 6.07) is 9.00. The molecule has 0 saturated heterocycles. The van der Waals surface area contributed by atoms with Gasteiger partial charge in [0.1, 0.15) is 0 Å². The SMILES string of the molecule is CC1CCC(N)(c2ccc(C(C)(C)C)cc2)CC1. The van der Waals surface area contributed by atoms with Gasteiger partial charge < -0.3 is 5.73 Å². The molecular weight excluding hydrogens is 218 g/mol. The van der Waals surface area contributed by atoms with Crippen molar-refractivity contribution >= 4 is 0 Å². The fourth-order valence-electron chi connectivity index (χ4n) is 2.87. The lowest BCUT2D eigenvalue weighted by Gasteiger charge is -2.37. The molecule has 2 rings (SSSR count). The summed E-state index contributed by atoms with van der Waals surface area (Å²) in [4.78, 5) is 0. The molecule has 1 fully saturated rings. The first-order valence-corrected chi connectivity index (χ1v) is 7.21. The monoisotopic (exact) mass is 245 g/mol. The second kappa shape index (κ2) is 4.70. The van der Waals surface area contributed by atoms with Gasteiger partial charge in [0, 0.05) is 5.54 Å². The quantitative estimate of drug-likeness (QED) is 0.782. The fourth-order valence-corrected chi connectivity index (χ4v) is 2.87. The number of nitrogens with two attached hydrogens (primary N) is 1. The van der Waals surface area contributed by atoms with Crippen LogP contribution in [-0.4, -0.2) is 0 Å². The van der Waals surface area contributed by atoms with Crippen molar-refractivity contribution in [1.82, 2.24) is 0 Å². The Labute approximate surface area is 112 Å². The average Bonchev–Trinajstić information content (AvgIpc) is 2.32. The van der Waals surface area contributed by atoms with Crippen molar-refractivity contribution in [3.63, 3.8) is 0 Å². The lowest BCUT2D eigenvalue weighted by Crippen LogP contribution is -2.40. The lowest BCUT2D eigenvalue weighted by atomic mass is 9.73. The molecule has 1 aromatic carbocycles. The van der Waals surface area contributed by atoms with Gasteiger partial charge in [-0.15, -0.1) is 0 Å². The third-order valence-electron chi connectivity index (χ3n) is 4.49. The maximum atomic E-state index is 6.60. The van der Waals surface area contributed by atoms with Crippen LogP contribution in [0.15, 0.2) is 24.3 Å². The van der Waals surface area contributed by atoms with Crippen LogP contribution in [0.5, 0.6) is 0 Å². The molecular formula is C17H27N. The van der Waals surface area contributed by atoms with Gasteiger partial charge >= 0.3 is 0 Å². The zero-order valence-electron chi connectivity index (χ0n) is 12.3. The molecule has 0 aliphatic heterocycles. The van der Waals surface area contributed by atoms with Crippen LogP contribution in [0.3, 0.4) is 0 Å². The lowest BCUT2D eigenvalue weighted by molar-refractivity contribution is 0.248. The maximum absolute atomic E-state index is 6.60. The van der Waals surface area contributed by atoms with E-state index in [1.807, 2.05) is 0 Å². The standard InChI is InChI=1S/C17H27N/c1-13-9-11-17(18,12-10-13)15-7-5-14(6-8-15)16(2,3)4/h5-8,13H,9-12,18H2,1-4H3. The van der Waals surface area contributed by atoms with Crippen molar-refractivity contribution in [2.45, 2.75) is 64.3 Å². The molecule has 0 aromatic heterocycles. The Morgan fingerprint density at radius 2 is 1.56 bits per heavy atom. The first-order chi connectivity index (χ1) is 8.31. The van der Waals surface area contributed by atoms with Crippen LogP contribution in [0, 0.1) is 5.92 Å². The molecule has 0 amide bonds. The zero-order chi connectivity index (χ0) is 13.4. The third kappa shape index (κ3) is 2.77. The number of hydrogen-bond acceptors (Lipinski definition) is 1. The van der Waals surface area contributed by atoms with E-state index in [4.69, 9.17) is 5.73 Å². The summed E-state index contributed by atoms with van der Waals surface area (Å²) in [5.41, 5.74) is 9.45. The summed E-state index contributed by atoms with van der Waals surface area (Å²) in [5.74, 6) is 0.843. The van der Waals surface area contributed by atoms with Crippen LogP contribution in [-0.2, 0) is 11.0 Å². The van der Waals surface area contributed by atoms with Gasteiger partial charge in [0.05, 0.1) is 0 Å². The maximum Gasteiger partial charge on any atom is 0.0409 e. The topological polar surface area (TPSA) is 26.0 Å². The minimum Gasteiger partial charge on any atom is -0.321 e. The molecule has 1 aliphatic carbocycles. The summed E-state index contributed by atoms with van der Waals surface area (Å²) in [6.45, 7) is 9.09. The van der Waals surface area contributed by atoms with E-state index in [-0.39, 0.29) is 11.0 Å². The minimum absolute atomic E-state index is 0.0804. The van der Waals surface area contributed by atoms with Gasteiger partial charge in [0.2, 0.25) is 0 Å². The van der Waals surface area contributed by atoms with Gasteiger partial charge in [-0.3, -0.25) is 0 Å². The molecule has 18 heavy (non-hydrogen) atoms. The number of hydrogen-bond donors (Lipinski definition) is 1. The first kappa shape index (κ1) is 13.6. The van der Waals surface area contributed by atoms with Gasteiger partial charge in [0.25, 0.3) is 0 Å². The summed E-state index contributed by atoms with van der Waals surface area (Å²) in [6.07, 6.45) is 4.78. The second-order valence-electron chi connectivity index (χ2n) is 7.17. The summed E-state index contributed by atoms with van der Waals surface area (Å²) < 4.78 is 0. The normalized spacial score (nSPS) is 29.3. The van der Waals surface area contributed by atoms with Gasteiger partial charge in [0.15, 0.2) is 0 Å². The smallest absolute Gasteiger partial charge is 0.0409 e. The largest absolute Gasteiger partial charge is 0.321 e. The highest BCUT2D eigenvalue weighted by atomic mass is 14.7. The molecule has 2 N–H and O–H groups in total. The molecule has 0 unspecified atom stereocenters. The molecule has 1 heteroatoms. The van der Waals surface area contributed by atoms with Gasteiger partial charge in [-0.05, 0) is 48.1 Å². The molecule has 1 saturated carbocycles. The molecule has 0 bridgehead atoms. The Morgan fingerprint density at radius 1 is 1.06 bits per heavy atom. The van der Waals surface area contributed by atoms with Crippen LogP contribution in [0.2, 0.25) is 0 Å². The van der Waals surface area contributed by atoms with E-state index in [9.17, 15) is 0 Å². The van der Waals surface area contributed by atoms with Crippen molar-refractivity contribution in [2.75, 3.05) is 0 Å². The van der Waals surface area contributed by atoms with Crippen molar-refractivity contribution in [1.29, 1.82) is 0 Å². The second-order valence-corrected chi connectivity index (χ2v) is 7.17. The van der Waals surface area contributed by atoms with E-state index in [1.54, 1.807) is 0 Å².